The number of ether oxygens (including phenoxy) is 1. The van der Waals surface area contributed by atoms with Crippen molar-refractivity contribution in [1.82, 2.24) is 24.8 Å². The molecule has 1 saturated heterocycles. The summed E-state index contributed by atoms with van der Waals surface area (Å²) in [7, 11) is -1.20. The maximum atomic E-state index is 6.29. The van der Waals surface area contributed by atoms with Gasteiger partial charge in [-0.05, 0) is 48.7 Å². The Morgan fingerprint density at radius 2 is 1.95 bits per heavy atom. The van der Waals surface area contributed by atoms with E-state index in [1.165, 1.54) is 5.56 Å². The summed E-state index contributed by atoms with van der Waals surface area (Å²) in [5.74, 6) is 1.75. The van der Waals surface area contributed by atoms with Gasteiger partial charge >= 0.3 is 0 Å². The van der Waals surface area contributed by atoms with E-state index in [9.17, 15) is 0 Å². The van der Waals surface area contributed by atoms with Crippen LogP contribution in [0, 0.1) is 0 Å². The predicted octanol–water partition coefficient (Wildman–Crippen LogP) is 5.32. The molecule has 5 heterocycles. The Bertz CT molecular complexity index is 1470. The molecule has 2 N–H and O–H groups in total. The number of nitrogens with zero attached hydrogens (tertiary/aromatic N) is 6. The summed E-state index contributed by atoms with van der Waals surface area (Å²) in [5.41, 5.74) is 5.30. The largest absolute Gasteiger partial charge is 0.366 e. The summed E-state index contributed by atoms with van der Waals surface area (Å²) in [5, 5.41) is 15.0. The standard InChI is InChI=1S/C30H38N8OSi/c1-40(2,3)16-15-39-21-37-28(23-11-9-22(10-12-23)17-33-26-8-4-5-14-32-26)25-19-36-38(24-7-6-13-31-18-24)30-27(25)29(37)34-20-35-30/h4-5,8-12,14,19-20,24,31H,6-7,13,15-18,21H2,1-3H3,(H,32,33). The number of hydrazone groups is 1. The normalized spacial score (nSPS) is 17.0. The third kappa shape index (κ3) is 5.65. The zero-order valence-electron chi connectivity index (χ0n) is 23.6. The molecule has 0 amide bonds. The zero-order chi connectivity index (χ0) is 27.5. The van der Waals surface area contributed by atoms with Crippen LogP contribution in [-0.4, -0.2) is 59.5 Å². The van der Waals surface area contributed by atoms with Gasteiger partial charge < -0.3 is 19.9 Å². The van der Waals surface area contributed by atoms with Gasteiger partial charge in [0.2, 0.25) is 0 Å². The average molecular weight is 555 g/mol. The van der Waals surface area contributed by atoms with E-state index >= 15 is 0 Å². The smallest absolute Gasteiger partial charge is 0.162 e. The van der Waals surface area contributed by atoms with Gasteiger partial charge in [0, 0.05) is 39.5 Å². The predicted molar refractivity (Wildman–Crippen MR) is 165 cm³/mol. The van der Waals surface area contributed by atoms with Crippen LogP contribution < -0.4 is 15.6 Å². The molecule has 9 nitrogen and oxygen atoms in total. The Kier molecular flexibility index (Phi) is 7.64. The summed E-state index contributed by atoms with van der Waals surface area (Å²) in [6, 6.07) is 16.0. The topological polar surface area (TPSA) is 92.5 Å². The van der Waals surface area contributed by atoms with Gasteiger partial charge in [0.15, 0.2) is 5.82 Å². The van der Waals surface area contributed by atoms with E-state index in [1.807, 2.05) is 24.4 Å². The lowest BCUT2D eigenvalue weighted by Gasteiger charge is -2.33. The fourth-order valence-corrected chi connectivity index (χ4v) is 6.13. The van der Waals surface area contributed by atoms with E-state index < -0.39 is 8.07 Å². The van der Waals surface area contributed by atoms with E-state index in [0.29, 0.717) is 13.3 Å². The molecule has 10 heteroatoms. The molecule has 6 rings (SSSR count). The quantitative estimate of drug-likeness (QED) is 0.202. The van der Waals surface area contributed by atoms with Crippen LogP contribution in [0.2, 0.25) is 25.7 Å². The lowest BCUT2D eigenvalue weighted by atomic mass is 10.0. The van der Waals surface area contributed by atoms with Crippen molar-refractivity contribution in [3.05, 3.63) is 66.1 Å². The van der Waals surface area contributed by atoms with Crippen molar-refractivity contribution in [3.8, 4) is 11.3 Å². The van der Waals surface area contributed by atoms with Crippen molar-refractivity contribution < 1.29 is 4.74 Å². The molecule has 0 spiro atoms. The molecule has 2 aliphatic heterocycles. The maximum absolute atomic E-state index is 6.29. The van der Waals surface area contributed by atoms with Crippen LogP contribution in [0.15, 0.2) is 60.1 Å². The molecule has 2 aliphatic rings. The Labute approximate surface area is 236 Å². The molecule has 0 radical (unpaired) electrons. The number of nitrogens with one attached hydrogen (secondary N) is 2. The Balaban J connectivity index is 1.34. The van der Waals surface area contributed by atoms with Gasteiger partial charge in [-0.3, -0.25) is 0 Å². The molecule has 0 saturated carbocycles. The van der Waals surface area contributed by atoms with Crippen molar-refractivity contribution in [2.75, 3.05) is 30.0 Å². The van der Waals surface area contributed by atoms with Gasteiger partial charge in [0.1, 0.15) is 24.5 Å². The number of piperidine rings is 1. The first kappa shape index (κ1) is 26.6. The number of anilines is 2. The summed E-state index contributed by atoms with van der Waals surface area (Å²) in [4.78, 5) is 13.9. The Hall–Kier alpha value is -3.60. The lowest BCUT2D eigenvalue weighted by Crippen LogP contribution is -2.44. The van der Waals surface area contributed by atoms with Gasteiger partial charge in [0.25, 0.3) is 0 Å². The van der Waals surface area contributed by atoms with E-state index in [-0.39, 0.29) is 6.04 Å². The van der Waals surface area contributed by atoms with Crippen molar-refractivity contribution in [2.45, 2.75) is 57.8 Å². The molecule has 208 valence electrons. The van der Waals surface area contributed by atoms with Gasteiger partial charge in [-0.25, -0.2) is 20.0 Å². The zero-order valence-corrected chi connectivity index (χ0v) is 24.6. The summed E-state index contributed by atoms with van der Waals surface area (Å²) in [6.45, 7) is 11.0. The number of hydrogen-bond acceptors (Lipinski definition) is 8. The molecular formula is C30H38N8OSi. The van der Waals surface area contributed by atoms with Gasteiger partial charge in [-0.2, -0.15) is 5.10 Å². The fourth-order valence-electron chi connectivity index (χ4n) is 5.38. The highest BCUT2D eigenvalue weighted by Crippen LogP contribution is 2.39. The lowest BCUT2D eigenvalue weighted by molar-refractivity contribution is 0.0909. The van der Waals surface area contributed by atoms with Crippen molar-refractivity contribution in [3.63, 3.8) is 0 Å². The second-order valence-corrected chi connectivity index (χ2v) is 17.4. The Morgan fingerprint density at radius 3 is 2.70 bits per heavy atom. The van der Waals surface area contributed by atoms with Crippen LogP contribution in [0.25, 0.3) is 22.3 Å². The molecule has 1 fully saturated rings. The third-order valence-corrected chi connectivity index (χ3v) is 9.29. The van der Waals surface area contributed by atoms with Crippen LogP contribution in [0.5, 0.6) is 0 Å². The molecule has 4 aromatic rings. The number of aromatic nitrogens is 4. The van der Waals surface area contributed by atoms with Crippen LogP contribution >= 0.6 is 0 Å². The highest BCUT2D eigenvalue weighted by atomic mass is 28.3. The molecular weight excluding hydrogens is 516 g/mol. The fraction of sp³-hybridized carbons (Fsp3) is 0.400. The van der Waals surface area contributed by atoms with E-state index in [4.69, 9.17) is 19.8 Å². The maximum Gasteiger partial charge on any atom is 0.162 e. The van der Waals surface area contributed by atoms with Gasteiger partial charge in [-0.15, -0.1) is 0 Å². The molecule has 40 heavy (non-hydrogen) atoms. The van der Waals surface area contributed by atoms with Crippen molar-refractivity contribution in [1.29, 1.82) is 0 Å². The highest BCUT2D eigenvalue weighted by molar-refractivity contribution is 6.76. The first-order valence-corrected chi connectivity index (χ1v) is 17.9. The minimum Gasteiger partial charge on any atom is -0.366 e. The van der Waals surface area contributed by atoms with Crippen LogP contribution in [0.4, 0.5) is 11.6 Å². The molecule has 1 aromatic carbocycles. The first-order chi connectivity index (χ1) is 19.5. The minimum atomic E-state index is -1.20. The first-order valence-electron chi connectivity index (χ1n) is 14.2. The number of pyridine rings is 1. The minimum absolute atomic E-state index is 0.280. The molecule has 1 atom stereocenters. The van der Waals surface area contributed by atoms with E-state index in [1.54, 1.807) is 12.5 Å². The molecule has 3 aromatic heterocycles. The van der Waals surface area contributed by atoms with Gasteiger partial charge in [0.05, 0.1) is 23.3 Å². The summed E-state index contributed by atoms with van der Waals surface area (Å²) in [6.07, 6.45) is 7.69. The van der Waals surface area contributed by atoms with Crippen molar-refractivity contribution >= 4 is 37.0 Å². The molecule has 1 unspecified atom stereocenters. The number of benzene rings is 1. The number of rotatable bonds is 10. The second kappa shape index (κ2) is 11.5. The van der Waals surface area contributed by atoms with Crippen LogP contribution in [0.1, 0.15) is 24.0 Å². The average Bonchev–Trinajstić information content (AvgIpc) is 3.30. The second-order valence-electron chi connectivity index (χ2n) is 11.8. The molecule has 0 aliphatic carbocycles. The summed E-state index contributed by atoms with van der Waals surface area (Å²) >= 11 is 0. The van der Waals surface area contributed by atoms with Gasteiger partial charge in [-0.1, -0.05) is 50.0 Å². The SMILES string of the molecule is C[Si](C)(C)CCOCn1c(-c2ccc(CNc3ccccn3)cc2)c2c3c(ncnc31)N(C1CCCNC1)N=C2. The number of hydrogen-bond donors (Lipinski definition) is 2. The third-order valence-electron chi connectivity index (χ3n) is 7.58. The van der Waals surface area contributed by atoms with Crippen LogP contribution in [-0.2, 0) is 18.0 Å². The Morgan fingerprint density at radius 1 is 1.07 bits per heavy atom. The summed E-state index contributed by atoms with van der Waals surface area (Å²) < 4.78 is 8.50. The molecule has 0 bridgehead atoms. The van der Waals surface area contributed by atoms with E-state index in [2.05, 4.69) is 69.1 Å². The highest BCUT2D eigenvalue weighted by Gasteiger charge is 2.31. The van der Waals surface area contributed by atoms with E-state index in [0.717, 1.165) is 78.1 Å². The monoisotopic (exact) mass is 554 g/mol. The van der Waals surface area contributed by atoms with Crippen molar-refractivity contribution in [2.24, 2.45) is 5.10 Å². The van der Waals surface area contributed by atoms with Crippen LogP contribution in [0.3, 0.4) is 0 Å².